The van der Waals surface area contributed by atoms with Crippen LogP contribution in [-0.4, -0.2) is 48.8 Å². The highest BCUT2D eigenvalue weighted by atomic mass is 19.4. The lowest BCUT2D eigenvalue weighted by Gasteiger charge is -2.26. The van der Waals surface area contributed by atoms with E-state index in [1.165, 1.54) is 4.90 Å². The van der Waals surface area contributed by atoms with Crippen molar-refractivity contribution in [2.24, 2.45) is 11.3 Å². The van der Waals surface area contributed by atoms with Gasteiger partial charge in [0.15, 0.2) is 5.78 Å². The van der Waals surface area contributed by atoms with E-state index in [0.717, 1.165) is 7.11 Å². The van der Waals surface area contributed by atoms with Gasteiger partial charge < -0.3 is 14.4 Å². The van der Waals surface area contributed by atoms with Crippen molar-refractivity contribution in [3.63, 3.8) is 0 Å². The van der Waals surface area contributed by atoms with Crippen LogP contribution in [0, 0.1) is 11.3 Å². The Kier molecular flexibility index (Phi) is 4.15. The molecule has 2 rings (SSSR count). The second kappa shape index (κ2) is 5.42. The fourth-order valence-electron chi connectivity index (χ4n) is 2.85. The number of alkyl halides is 3. The minimum Gasteiger partial charge on any atom is -0.492 e. The summed E-state index contributed by atoms with van der Waals surface area (Å²) in [4.78, 5) is 25.6. The normalized spacial score (nSPS) is 27.5. The van der Waals surface area contributed by atoms with Gasteiger partial charge in [0.1, 0.15) is 5.60 Å². The number of carbonyl (C=O) groups excluding carboxylic acids is 2. The second-order valence-electron chi connectivity index (χ2n) is 6.99. The molecule has 1 saturated carbocycles. The summed E-state index contributed by atoms with van der Waals surface area (Å²) in [7, 11) is 0.871. The first-order chi connectivity index (χ1) is 10.4. The molecular formula is C15H20F3NO4. The van der Waals surface area contributed by atoms with Crippen molar-refractivity contribution >= 4 is 11.9 Å². The van der Waals surface area contributed by atoms with E-state index in [1.807, 2.05) is 0 Å². The molecule has 2 aliphatic rings. The third-order valence-corrected chi connectivity index (χ3v) is 4.05. The summed E-state index contributed by atoms with van der Waals surface area (Å²) >= 11 is 0. The van der Waals surface area contributed by atoms with Crippen molar-refractivity contribution in [1.82, 2.24) is 4.90 Å². The quantitative estimate of drug-likeness (QED) is 0.588. The van der Waals surface area contributed by atoms with Gasteiger partial charge >= 0.3 is 12.3 Å². The number of ketones is 1. The van der Waals surface area contributed by atoms with Gasteiger partial charge in [-0.15, -0.1) is 0 Å². The van der Waals surface area contributed by atoms with E-state index in [1.54, 1.807) is 20.8 Å². The summed E-state index contributed by atoms with van der Waals surface area (Å²) in [6, 6.07) is 0. The molecule has 0 spiro atoms. The SMILES string of the molecule is CO/C(=C\C(=O)[C@]12C[C@H]1CN(C(=O)OC(C)(C)C)C2)C(F)(F)F. The van der Waals surface area contributed by atoms with Gasteiger partial charge in [-0.2, -0.15) is 13.2 Å². The Morgan fingerprint density at radius 2 is 1.87 bits per heavy atom. The number of piperidine rings is 1. The highest BCUT2D eigenvalue weighted by Gasteiger charge is 2.65. The molecule has 0 bridgehead atoms. The molecule has 0 aromatic carbocycles. The molecule has 0 unspecified atom stereocenters. The molecule has 1 amide bonds. The molecule has 1 aliphatic heterocycles. The topological polar surface area (TPSA) is 55.8 Å². The molecule has 1 aliphatic carbocycles. The molecule has 2 fully saturated rings. The number of carbonyl (C=O) groups is 2. The monoisotopic (exact) mass is 335 g/mol. The number of amides is 1. The maximum atomic E-state index is 12.7. The third kappa shape index (κ3) is 3.61. The highest BCUT2D eigenvalue weighted by Crippen LogP contribution is 2.59. The average molecular weight is 335 g/mol. The van der Waals surface area contributed by atoms with Crippen LogP contribution < -0.4 is 0 Å². The van der Waals surface area contributed by atoms with Gasteiger partial charge in [0.2, 0.25) is 5.76 Å². The van der Waals surface area contributed by atoms with Crippen LogP contribution in [0.1, 0.15) is 27.2 Å². The maximum absolute atomic E-state index is 12.7. The van der Waals surface area contributed by atoms with Crippen molar-refractivity contribution in [3.05, 3.63) is 11.8 Å². The van der Waals surface area contributed by atoms with Crippen molar-refractivity contribution in [2.45, 2.75) is 39.0 Å². The first kappa shape index (κ1) is 17.6. The lowest BCUT2D eigenvalue weighted by Crippen LogP contribution is -2.38. The van der Waals surface area contributed by atoms with Crippen LogP contribution in [0.2, 0.25) is 0 Å². The Morgan fingerprint density at radius 3 is 2.35 bits per heavy atom. The molecular weight excluding hydrogens is 315 g/mol. The molecule has 130 valence electrons. The van der Waals surface area contributed by atoms with Gasteiger partial charge in [-0.3, -0.25) is 4.79 Å². The number of fused-ring (bicyclic) bond motifs is 1. The summed E-state index contributed by atoms with van der Waals surface area (Å²) < 4.78 is 47.5. The van der Waals surface area contributed by atoms with Gasteiger partial charge in [-0.05, 0) is 33.1 Å². The minimum atomic E-state index is -4.71. The van der Waals surface area contributed by atoms with E-state index < -0.39 is 34.8 Å². The van der Waals surface area contributed by atoms with E-state index >= 15 is 0 Å². The van der Waals surface area contributed by atoms with Gasteiger partial charge in [0.25, 0.3) is 0 Å². The lowest BCUT2D eigenvalue weighted by atomic mass is 9.99. The minimum absolute atomic E-state index is 0.0801. The van der Waals surface area contributed by atoms with Crippen LogP contribution in [0.5, 0.6) is 0 Å². The van der Waals surface area contributed by atoms with E-state index in [2.05, 4.69) is 4.74 Å². The van der Waals surface area contributed by atoms with Crippen LogP contribution in [0.3, 0.4) is 0 Å². The standard InChI is InChI=1S/C15H20F3NO4/c1-13(2,3)23-12(21)19-7-9-6-14(9,8-19)10(20)5-11(22-4)15(16,17)18/h5,9H,6-8H2,1-4H3/b11-5-/t9-,14-/m0/s1. The molecule has 2 atom stereocenters. The maximum Gasteiger partial charge on any atom is 0.449 e. The summed E-state index contributed by atoms with van der Waals surface area (Å²) in [6.07, 6.45) is -4.28. The predicted molar refractivity (Wildman–Crippen MR) is 74.5 cm³/mol. The lowest BCUT2D eigenvalue weighted by molar-refractivity contribution is -0.131. The number of likely N-dealkylation sites (tertiary alicyclic amines) is 1. The fourth-order valence-corrected chi connectivity index (χ4v) is 2.85. The number of hydrogen-bond acceptors (Lipinski definition) is 4. The largest absolute Gasteiger partial charge is 0.492 e. The molecule has 0 aromatic rings. The molecule has 0 aromatic heterocycles. The van der Waals surface area contributed by atoms with Crippen LogP contribution >= 0.6 is 0 Å². The predicted octanol–water partition coefficient (Wildman–Crippen LogP) is 2.91. The summed E-state index contributed by atoms with van der Waals surface area (Å²) in [5.74, 6) is -2.09. The smallest absolute Gasteiger partial charge is 0.449 e. The average Bonchev–Trinajstić information content (AvgIpc) is 2.95. The van der Waals surface area contributed by atoms with E-state index in [0.29, 0.717) is 19.0 Å². The molecule has 5 nitrogen and oxygen atoms in total. The number of rotatable bonds is 3. The molecule has 0 radical (unpaired) electrons. The van der Waals surface area contributed by atoms with Gasteiger partial charge in [-0.1, -0.05) is 0 Å². The third-order valence-electron chi connectivity index (χ3n) is 4.05. The highest BCUT2D eigenvalue weighted by molar-refractivity contribution is 5.99. The van der Waals surface area contributed by atoms with Crippen LogP contribution in [-0.2, 0) is 14.3 Å². The summed E-state index contributed by atoms with van der Waals surface area (Å²) in [6.45, 7) is 5.57. The Labute approximate surface area is 132 Å². The number of ether oxygens (including phenoxy) is 2. The van der Waals surface area contributed by atoms with E-state index in [9.17, 15) is 22.8 Å². The Hall–Kier alpha value is -1.73. The van der Waals surface area contributed by atoms with Gasteiger partial charge in [0.05, 0.1) is 12.5 Å². The number of allylic oxidation sites excluding steroid dienone is 2. The van der Waals surface area contributed by atoms with Gasteiger partial charge in [-0.25, -0.2) is 4.79 Å². The molecule has 23 heavy (non-hydrogen) atoms. The Balaban J connectivity index is 2.07. The first-order valence-electron chi connectivity index (χ1n) is 7.24. The Bertz CT molecular complexity index is 550. The summed E-state index contributed by atoms with van der Waals surface area (Å²) in [5.41, 5.74) is -1.59. The molecule has 1 saturated heterocycles. The van der Waals surface area contributed by atoms with Crippen molar-refractivity contribution < 1.29 is 32.2 Å². The number of hydrogen-bond donors (Lipinski definition) is 0. The zero-order chi connectivity index (χ0) is 17.6. The van der Waals surface area contributed by atoms with Crippen LogP contribution in [0.15, 0.2) is 11.8 Å². The zero-order valence-corrected chi connectivity index (χ0v) is 13.5. The number of nitrogens with zero attached hydrogens (tertiary/aromatic N) is 1. The van der Waals surface area contributed by atoms with Crippen LogP contribution in [0.4, 0.5) is 18.0 Å². The Morgan fingerprint density at radius 1 is 1.26 bits per heavy atom. The molecule has 0 N–H and O–H groups in total. The first-order valence-corrected chi connectivity index (χ1v) is 7.24. The molecule has 1 heterocycles. The van der Waals surface area contributed by atoms with Crippen molar-refractivity contribution in [2.75, 3.05) is 20.2 Å². The van der Waals surface area contributed by atoms with Crippen LogP contribution in [0.25, 0.3) is 0 Å². The number of halogens is 3. The zero-order valence-electron chi connectivity index (χ0n) is 13.5. The van der Waals surface area contributed by atoms with E-state index in [4.69, 9.17) is 4.74 Å². The molecule has 8 heteroatoms. The van der Waals surface area contributed by atoms with E-state index in [-0.39, 0.29) is 12.5 Å². The fraction of sp³-hybridized carbons (Fsp3) is 0.733. The van der Waals surface area contributed by atoms with Crippen molar-refractivity contribution in [1.29, 1.82) is 0 Å². The summed E-state index contributed by atoms with van der Waals surface area (Å²) in [5, 5.41) is 0. The van der Waals surface area contributed by atoms with Crippen molar-refractivity contribution in [3.8, 4) is 0 Å². The van der Waals surface area contributed by atoms with Gasteiger partial charge in [0, 0.05) is 19.2 Å². The number of methoxy groups -OCH3 is 1. The second-order valence-corrected chi connectivity index (χ2v) is 6.99.